The fourth-order valence-corrected chi connectivity index (χ4v) is 3.68. The standard InChI is InChI=1S/C12H22OSi2/c1-15(2,3)13-10-7-11-14-12-8-5-4-6-9-12/h4-6,8-9H,7,10-11,14H2,1-3H3. The smallest absolute Gasteiger partial charge is 0.183 e. The molecule has 0 aromatic heterocycles. The molecule has 0 aliphatic rings. The Morgan fingerprint density at radius 1 is 1.13 bits per heavy atom. The Balaban J connectivity index is 2.08. The van der Waals surface area contributed by atoms with E-state index in [1.54, 1.807) is 5.19 Å². The van der Waals surface area contributed by atoms with Crippen molar-refractivity contribution in [3.8, 4) is 0 Å². The van der Waals surface area contributed by atoms with Crippen molar-refractivity contribution in [2.24, 2.45) is 0 Å². The zero-order chi connectivity index (χ0) is 11.1. The van der Waals surface area contributed by atoms with E-state index in [1.165, 1.54) is 12.5 Å². The lowest BCUT2D eigenvalue weighted by molar-refractivity contribution is 0.311. The molecule has 0 N–H and O–H groups in total. The van der Waals surface area contributed by atoms with Gasteiger partial charge in [-0.05, 0) is 26.1 Å². The predicted octanol–water partition coefficient (Wildman–Crippen LogP) is 2.14. The Labute approximate surface area is 96.8 Å². The van der Waals surface area contributed by atoms with Crippen molar-refractivity contribution in [1.82, 2.24) is 0 Å². The number of hydrogen-bond acceptors (Lipinski definition) is 1. The predicted molar refractivity (Wildman–Crippen MR) is 73.3 cm³/mol. The molecule has 0 radical (unpaired) electrons. The minimum atomic E-state index is -1.27. The summed E-state index contributed by atoms with van der Waals surface area (Å²) in [5, 5.41) is 1.57. The van der Waals surface area contributed by atoms with E-state index in [4.69, 9.17) is 4.43 Å². The molecule has 1 aromatic carbocycles. The van der Waals surface area contributed by atoms with Gasteiger partial charge in [0.05, 0.1) is 9.52 Å². The maximum Gasteiger partial charge on any atom is 0.183 e. The van der Waals surface area contributed by atoms with E-state index in [1.807, 2.05) is 0 Å². The van der Waals surface area contributed by atoms with Crippen LogP contribution in [0.15, 0.2) is 30.3 Å². The fourth-order valence-electron chi connectivity index (χ4n) is 1.45. The molecule has 0 aliphatic heterocycles. The van der Waals surface area contributed by atoms with Gasteiger partial charge in [0.2, 0.25) is 0 Å². The number of hydrogen-bond donors (Lipinski definition) is 0. The first-order valence-corrected chi connectivity index (χ1v) is 10.9. The van der Waals surface area contributed by atoms with E-state index in [0.29, 0.717) is 0 Å². The fraction of sp³-hybridized carbons (Fsp3) is 0.500. The highest BCUT2D eigenvalue weighted by atomic mass is 28.4. The van der Waals surface area contributed by atoms with Gasteiger partial charge in [0.15, 0.2) is 8.32 Å². The van der Waals surface area contributed by atoms with Crippen molar-refractivity contribution in [2.75, 3.05) is 6.61 Å². The summed E-state index contributed by atoms with van der Waals surface area (Å²) < 4.78 is 5.83. The Bertz CT molecular complexity index is 267. The van der Waals surface area contributed by atoms with Crippen LogP contribution in [-0.4, -0.2) is 24.4 Å². The van der Waals surface area contributed by atoms with E-state index < -0.39 is 8.32 Å². The van der Waals surface area contributed by atoms with Gasteiger partial charge in [0.25, 0.3) is 0 Å². The molecule has 0 amide bonds. The first-order chi connectivity index (χ1) is 7.08. The lowest BCUT2D eigenvalue weighted by Gasteiger charge is -2.16. The highest BCUT2D eigenvalue weighted by Crippen LogP contribution is 2.03. The molecule has 0 fully saturated rings. The molecule has 3 heteroatoms. The van der Waals surface area contributed by atoms with Gasteiger partial charge in [0, 0.05) is 6.61 Å². The second-order valence-corrected chi connectivity index (χ2v) is 11.4. The molecule has 0 saturated heterocycles. The van der Waals surface area contributed by atoms with Crippen LogP contribution in [-0.2, 0) is 4.43 Å². The molecule has 0 unspecified atom stereocenters. The monoisotopic (exact) mass is 238 g/mol. The Hall–Kier alpha value is -0.386. The first-order valence-electron chi connectivity index (χ1n) is 5.76. The van der Waals surface area contributed by atoms with Crippen molar-refractivity contribution >= 4 is 23.0 Å². The normalized spacial score (nSPS) is 12.5. The SMILES string of the molecule is C[Si](C)(C)OCCC[SiH2]c1ccccc1. The van der Waals surface area contributed by atoms with Crippen LogP contribution in [0.25, 0.3) is 0 Å². The largest absolute Gasteiger partial charge is 0.418 e. The molecule has 0 aliphatic carbocycles. The van der Waals surface area contributed by atoms with Crippen LogP contribution in [0.3, 0.4) is 0 Å². The molecule has 0 spiro atoms. The summed E-state index contributed by atoms with van der Waals surface area (Å²) in [7, 11) is -1.31. The van der Waals surface area contributed by atoms with Crippen LogP contribution in [0.4, 0.5) is 0 Å². The molecular formula is C12H22OSi2. The minimum absolute atomic E-state index is 0.0401. The zero-order valence-corrected chi connectivity index (χ0v) is 12.5. The summed E-state index contributed by atoms with van der Waals surface area (Å²) in [6.45, 7) is 7.72. The van der Waals surface area contributed by atoms with Crippen molar-refractivity contribution in [3.05, 3.63) is 30.3 Å². The van der Waals surface area contributed by atoms with Gasteiger partial charge < -0.3 is 4.43 Å². The van der Waals surface area contributed by atoms with Gasteiger partial charge in [-0.2, -0.15) is 0 Å². The molecule has 0 saturated carbocycles. The van der Waals surface area contributed by atoms with Gasteiger partial charge >= 0.3 is 0 Å². The van der Waals surface area contributed by atoms with Crippen molar-refractivity contribution in [1.29, 1.82) is 0 Å². The zero-order valence-electron chi connectivity index (χ0n) is 10.1. The van der Waals surface area contributed by atoms with Crippen LogP contribution >= 0.6 is 0 Å². The maximum atomic E-state index is 5.83. The molecule has 0 heterocycles. The summed E-state index contributed by atoms with van der Waals surface area (Å²) in [4.78, 5) is 0. The minimum Gasteiger partial charge on any atom is -0.418 e. The van der Waals surface area contributed by atoms with Crippen molar-refractivity contribution < 1.29 is 4.43 Å². The maximum absolute atomic E-state index is 5.83. The summed E-state index contributed by atoms with van der Waals surface area (Å²) in [6.07, 6.45) is 1.24. The first kappa shape index (κ1) is 12.7. The molecule has 1 nitrogen and oxygen atoms in total. The quantitative estimate of drug-likeness (QED) is 0.545. The van der Waals surface area contributed by atoms with Crippen molar-refractivity contribution in [3.63, 3.8) is 0 Å². The molecule has 0 bridgehead atoms. The number of benzene rings is 1. The van der Waals surface area contributed by atoms with E-state index >= 15 is 0 Å². The summed E-state index contributed by atoms with van der Waals surface area (Å²) >= 11 is 0. The summed E-state index contributed by atoms with van der Waals surface area (Å²) in [6, 6.07) is 12.2. The Kier molecular flexibility index (Phi) is 5.29. The van der Waals surface area contributed by atoms with Gasteiger partial charge in [-0.3, -0.25) is 0 Å². The lowest BCUT2D eigenvalue weighted by atomic mass is 10.4. The molecule has 0 atom stereocenters. The number of rotatable bonds is 6. The Morgan fingerprint density at radius 3 is 2.40 bits per heavy atom. The second kappa shape index (κ2) is 6.25. The third-order valence-electron chi connectivity index (χ3n) is 2.24. The molecular weight excluding hydrogens is 216 g/mol. The van der Waals surface area contributed by atoms with Crippen LogP contribution in [0, 0.1) is 0 Å². The van der Waals surface area contributed by atoms with Crippen LogP contribution in [0.1, 0.15) is 6.42 Å². The molecule has 15 heavy (non-hydrogen) atoms. The average molecular weight is 238 g/mol. The van der Waals surface area contributed by atoms with Crippen LogP contribution < -0.4 is 5.19 Å². The van der Waals surface area contributed by atoms with Gasteiger partial charge in [-0.1, -0.05) is 41.6 Å². The summed E-state index contributed by atoms with van der Waals surface area (Å²) in [5.74, 6) is 0. The van der Waals surface area contributed by atoms with Crippen LogP contribution in [0.2, 0.25) is 25.7 Å². The highest BCUT2D eigenvalue weighted by molar-refractivity contribution is 6.69. The summed E-state index contributed by atoms with van der Waals surface area (Å²) in [5.41, 5.74) is 0. The molecule has 1 rings (SSSR count). The lowest BCUT2D eigenvalue weighted by Crippen LogP contribution is -2.26. The van der Waals surface area contributed by atoms with E-state index in [9.17, 15) is 0 Å². The third kappa shape index (κ3) is 6.65. The van der Waals surface area contributed by atoms with E-state index in [0.717, 1.165) is 6.61 Å². The topological polar surface area (TPSA) is 9.23 Å². The van der Waals surface area contributed by atoms with Gasteiger partial charge in [0.1, 0.15) is 0 Å². The van der Waals surface area contributed by atoms with Crippen LogP contribution in [0.5, 0.6) is 0 Å². The van der Waals surface area contributed by atoms with Gasteiger partial charge in [-0.25, -0.2) is 0 Å². The molecule has 1 aromatic rings. The molecule has 84 valence electrons. The van der Waals surface area contributed by atoms with Crippen molar-refractivity contribution in [2.45, 2.75) is 32.1 Å². The average Bonchev–Trinajstić information content (AvgIpc) is 2.17. The Morgan fingerprint density at radius 2 is 1.80 bits per heavy atom. The highest BCUT2D eigenvalue weighted by Gasteiger charge is 2.12. The third-order valence-corrected chi connectivity index (χ3v) is 5.21. The van der Waals surface area contributed by atoms with E-state index in [2.05, 4.69) is 50.0 Å². The van der Waals surface area contributed by atoms with Gasteiger partial charge in [-0.15, -0.1) is 0 Å². The second-order valence-electron chi connectivity index (χ2n) is 4.90. The van der Waals surface area contributed by atoms with E-state index in [-0.39, 0.29) is 9.52 Å².